The Balaban J connectivity index is 3.39. The molecule has 0 spiro atoms. The third kappa shape index (κ3) is 2.86. The number of aromatic nitrogens is 1. The number of pyridine rings is 1. The predicted octanol–water partition coefficient (Wildman–Crippen LogP) is -2.13. The number of carbonyl (C=O) groups is 1. The van der Waals surface area contributed by atoms with Gasteiger partial charge < -0.3 is 24.2 Å². The summed E-state index contributed by atoms with van der Waals surface area (Å²) in [6.07, 6.45) is -0.401. The summed E-state index contributed by atoms with van der Waals surface area (Å²) in [7, 11) is 2.39. The number of hydrogen-bond acceptors (Lipinski definition) is 6. The fourth-order valence-corrected chi connectivity index (χ4v) is 1.39. The Labute approximate surface area is 97.6 Å². The molecule has 0 unspecified atom stereocenters. The molecule has 0 fully saturated rings. The SMILES string of the molecule is BOc1c(C(=O)OC)n(CC(O)O)ccc1=O. The van der Waals surface area contributed by atoms with Gasteiger partial charge >= 0.3 is 14.0 Å². The summed E-state index contributed by atoms with van der Waals surface area (Å²) >= 11 is 0. The average Bonchev–Trinajstić information content (AvgIpc) is 2.29. The minimum absolute atomic E-state index is 0.157. The van der Waals surface area contributed by atoms with Crippen molar-refractivity contribution in [2.45, 2.75) is 12.8 Å². The Morgan fingerprint density at radius 2 is 2.24 bits per heavy atom. The van der Waals surface area contributed by atoms with Crippen molar-refractivity contribution in [1.29, 1.82) is 0 Å². The molecule has 1 aromatic rings. The van der Waals surface area contributed by atoms with E-state index >= 15 is 0 Å². The van der Waals surface area contributed by atoms with E-state index in [2.05, 4.69) is 4.74 Å². The van der Waals surface area contributed by atoms with Gasteiger partial charge in [-0.15, -0.1) is 0 Å². The molecular weight excluding hydrogens is 229 g/mol. The van der Waals surface area contributed by atoms with Crippen molar-refractivity contribution >= 4 is 14.0 Å². The molecule has 0 saturated carbocycles. The summed E-state index contributed by atoms with van der Waals surface area (Å²) in [4.78, 5) is 23.0. The van der Waals surface area contributed by atoms with E-state index in [-0.39, 0.29) is 18.0 Å². The normalized spacial score (nSPS) is 10.4. The molecule has 1 aromatic heterocycles. The lowest BCUT2D eigenvalue weighted by molar-refractivity contribution is -0.0518. The molecule has 7 nitrogen and oxygen atoms in total. The molecule has 0 aromatic carbocycles. The van der Waals surface area contributed by atoms with E-state index in [0.717, 1.165) is 13.2 Å². The summed E-state index contributed by atoms with van der Waals surface area (Å²) in [6, 6.07) is 1.16. The molecule has 0 amide bonds. The van der Waals surface area contributed by atoms with Crippen LogP contribution in [0, 0.1) is 0 Å². The van der Waals surface area contributed by atoms with E-state index in [1.165, 1.54) is 18.8 Å². The molecule has 0 aliphatic carbocycles. The van der Waals surface area contributed by atoms with E-state index < -0.39 is 17.7 Å². The third-order valence-electron chi connectivity index (χ3n) is 2.07. The quantitative estimate of drug-likeness (QED) is 0.355. The van der Waals surface area contributed by atoms with Gasteiger partial charge in [0.05, 0.1) is 13.7 Å². The van der Waals surface area contributed by atoms with Crippen LogP contribution < -0.4 is 10.1 Å². The zero-order chi connectivity index (χ0) is 13.0. The average molecular weight is 241 g/mol. The number of carbonyl (C=O) groups excluding carboxylic acids is 1. The van der Waals surface area contributed by atoms with Crippen LogP contribution in [0.15, 0.2) is 17.1 Å². The van der Waals surface area contributed by atoms with Gasteiger partial charge in [0.2, 0.25) is 5.43 Å². The van der Waals surface area contributed by atoms with Crippen LogP contribution in [-0.4, -0.2) is 42.2 Å². The molecule has 0 radical (unpaired) electrons. The van der Waals surface area contributed by atoms with Gasteiger partial charge in [-0.3, -0.25) is 4.79 Å². The minimum atomic E-state index is -1.66. The topological polar surface area (TPSA) is 98.0 Å². The number of aliphatic hydroxyl groups excluding tert-OH is 1. The zero-order valence-electron chi connectivity index (χ0n) is 9.41. The van der Waals surface area contributed by atoms with Crippen LogP contribution in [0.2, 0.25) is 0 Å². The van der Waals surface area contributed by atoms with E-state index in [1.54, 1.807) is 0 Å². The number of nitrogens with zero attached hydrogens (tertiary/aromatic N) is 1. The van der Waals surface area contributed by atoms with Crippen LogP contribution in [0.25, 0.3) is 0 Å². The lowest BCUT2D eigenvalue weighted by Crippen LogP contribution is -2.25. The number of methoxy groups -OCH3 is 1. The number of hydrogen-bond donors (Lipinski definition) is 2. The first-order valence-corrected chi connectivity index (χ1v) is 4.73. The highest BCUT2D eigenvalue weighted by Crippen LogP contribution is 2.14. The first-order chi connectivity index (χ1) is 8.01. The second-order valence-electron chi connectivity index (χ2n) is 3.19. The standard InChI is InChI=1S/C9H12BNO6/c1-16-9(15)7-8(17-10)5(12)2-3-11(7)4-6(13)14/h2-3,6,13-14H,4,10H2,1H3. The van der Waals surface area contributed by atoms with Crippen molar-refractivity contribution in [3.05, 3.63) is 28.2 Å². The van der Waals surface area contributed by atoms with E-state index in [4.69, 9.17) is 14.9 Å². The fourth-order valence-electron chi connectivity index (χ4n) is 1.39. The predicted molar refractivity (Wildman–Crippen MR) is 59.4 cm³/mol. The van der Waals surface area contributed by atoms with Crippen molar-refractivity contribution in [2.75, 3.05) is 7.11 Å². The van der Waals surface area contributed by atoms with Crippen LogP contribution in [0.3, 0.4) is 0 Å². The highest BCUT2D eigenvalue weighted by Gasteiger charge is 2.20. The molecule has 0 bridgehead atoms. The van der Waals surface area contributed by atoms with E-state index in [1.807, 2.05) is 0 Å². The van der Waals surface area contributed by atoms with Gasteiger partial charge in [0.25, 0.3) is 0 Å². The third-order valence-corrected chi connectivity index (χ3v) is 2.07. The van der Waals surface area contributed by atoms with Crippen LogP contribution in [0.1, 0.15) is 10.5 Å². The monoisotopic (exact) mass is 241 g/mol. The Morgan fingerprint density at radius 3 is 2.71 bits per heavy atom. The molecule has 8 heteroatoms. The van der Waals surface area contributed by atoms with Crippen LogP contribution in [-0.2, 0) is 11.3 Å². The maximum Gasteiger partial charge on any atom is 0.358 e. The molecule has 0 aliphatic rings. The number of esters is 1. The molecule has 0 aliphatic heterocycles. The number of ether oxygens (including phenoxy) is 1. The molecule has 2 N–H and O–H groups in total. The number of rotatable bonds is 4. The molecule has 0 saturated heterocycles. The van der Waals surface area contributed by atoms with Crippen molar-refractivity contribution in [3.8, 4) is 5.75 Å². The lowest BCUT2D eigenvalue weighted by atomic mass is 10.2. The van der Waals surface area contributed by atoms with Crippen LogP contribution in [0.5, 0.6) is 5.75 Å². The Bertz CT molecular complexity index is 469. The highest BCUT2D eigenvalue weighted by atomic mass is 16.5. The summed E-state index contributed by atoms with van der Waals surface area (Å²) in [5.41, 5.74) is -0.646. The van der Waals surface area contributed by atoms with Gasteiger partial charge in [-0.1, -0.05) is 0 Å². The Hall–Kier alpha value is -1.80. The maximum atomic E-state index is 11.5. The van der Waals surface area contributed by atoms with Gasteiger partial charge in [0, 0.05) is 12.3 Å². The van der Waals surface area contributed by atoms with Gasteiger partial charge in [-0.05, 0) is 0 Å². The molecule has 17 heavy (non-hydrogen) atoms. The summed E-state index contributed by atoms with van der Waals surface area (Å²) in [6.45, 7) is -0.277. The van der Waals surface area contributed by atoms with Crippen molar-refractivity contribution < 1.29 is 24.4 Å². The first kappa shape index (κ1) is 13.3. The molecule has 1 rings (SSSR count). The van der Waals surface area contributed by atoms with Gasteiger partial charge in [-0.25, -0.2) is 4.79 Å². The van der Waals surface area contributed by atoms with Gasteiger partial charge in [0.15, 0.2) is 17.7 Å². The largest absolute Gasteiger partial charge is 0.564 e. The fraction of sp³-hybridized carbons (Fsp3) is 0.333. The summed E-state index contributed by atoms with van der Waals surface area (Å²) in [5, 5.41) is 17.8. The summed E-state index contributed by atoms with van der Waals surface area (Å²) in [5.74, 6) is -0.986. The van der Waals surface area contributed by atoms with E-state index in [0.29, 0.717) is 0 Å². The zero-order valence-corrected chi connectivity index (χ0v) is 9.41. The minimum Gasteiger partial charge on any atom is -0.564 e. The van der Waals surface area contributed by atoms with Crippen molar-refractivity contribution in [1.82, 2.24) is 4.57 Å². The lowest BCUT2D eigenvalue weighted by Gasteiger charge is -2.15. The highest BCUT2D eigenvalue weighted by molar-refractivity contribution is 6.01. The smallest absolute Gasteiger partial charge is 0.358 e. The van der Waals surface area contributed by atoms with Gasteiger partial charge in [-0.2, -0.15) is 0 Å². The molecule has 92 valence electrons. The number of aliphatic hydroxyl groups is 2. The van der Waals surface area contributed by atoms with Crippen LogP contribution >= 0.6 is 0 Å². The second-order valence-corrected chi connectivity index (χ2v) is 3.19. The van der Waals surface area contributed by atoms with Gasteiger partial charge in [0.1, 0.15) is 0 Å². The molecule has 0 atom stereocenters. The van der Waals surface area contributed by atoms with Crippen LogP contribution in [0.4, 0.5) is 0 Å². The molecular formula is C9H12BNO6. The van der Waals surface area contributed by atoms with E-state index in [9.17, 15) is 9.59 Å². The molecule has 1 heterocycles. The maximum absolute atomic E-state index is 11.5. The summed E-state index contributed by atoms with van der Waals surface area (Å²) < 4.78 is 10.5. The van der Waals surface area contributed by atoms with Crippen molar-refractivity contribution in [2.24, 2.45) is 0 Å². The second kappa shape index (κ2) is 5.51. The first-order valence-electron chi connectivity index (χ1n) is 4.73. The Kier molecular flexibility index (Phi) is 4.30. The van der Waals surface area contributed by atoms with Crippen molar-refractivity contribution in [3.63, 3.8) is 0 Å². The Morgan fingerprint density at radius 1 is 1.59 bits per heavy atom.